The lowest BCUT2D eigenvalue weighted by molar-refractivity contribution is -0.147. The molecule has 0 bridgehead atoms. The van der Waals surface area contributed by atoms with Crippen molar-refractivity contribution in [3.63, 3.8) is 0 Å². The summed E-state index contributed by atoms with van der Waals surface area (Å²) in [5, 5.41) is 9.38. The van der Waals surface area contributed by atoms with Gasteiger partial charge in [-0.2, -0.15) is 0 Å². The van der Waals surface area contributed by atoms with Crippen LogP contribution in [0.15, 0.2) is 24.3 Å². The Bertz CT molecular complexity index is 543. The SMILES string of the molecule is COc1ccc(N(C)C(=O)N2CCCC2(C)C(=O)O)cc1. The molecule has 1 aliphatic rings. The molecule has 0 aromatic heterocycles. The molecular weight excluding hydrogens is 272 g/mol. The quantitative estimate of drug-likeness (QED) is 0.927. The third-order valence-corrected chi connectivity index (χ3v) is 4.08. The first-order chi connectivity index (χ1) is 9.90. The number of ether oxygens (including phenoxy) is 1. The zero-order valence-electron chi connectivity index (χ0n) is 12.5. The zero-order chi connectivity index (χ0) is 15.6. The number of benzene rings is 1. The zero-order valence-corrected chi connectivity index (χ0v) is 12.5. The molecule has 1 N–H and O–H groups in total. The maximum Gasteiger partial charge on any atom is 0.329 e. The summed E-state index contributed by atoms with van der Waals surface area (Å²) in [5.41, 5.74) is -0.432. The second-order valence-corrected chi connectivity index (χ2v) is 5.37. The number of carbonyl (C=O) groups excluding carboxylic acids is 1. The van der Waals surface area contributed by atoms with Crippen LogP contribution in [-0.4, -0.2) is 48.2 Å². The van der Waals surface area contributed by atoms with Crippen molar-refractivity contribution >= 4 is 17.7 Å². The number of methoxy groups -OCH3 is 1. The van der Waals surface area contributed by atoms with Crippen LogP contribution in [0.3, 0.4) is 0 Å². The van der Waals surface area contributed by atoms with Crippen LogP contribution in [0, 0.1) is 0 Å². The Balaban J connectivity index is 2.20. The van der Waals surface area contributed by atoms with E-state index < -0.39 is 11.5 Å². The Morgan fingerprint density at radius 1 is 1.33 bits per heavy atom. The second-order valence-electron chi connectivity index (χ2n) is 5.37. The number of urea groups is 1. The van der Waals surface area contributed by atoms with Crippen molar-refractivity contribution in [2.45, 2.75) is 25.3 Å². The lowest BCUT2D eigenvalue weighted by atomic mass is 10.00. The molecule has 1 atom stereocenters. The Labute approximate surface area is 123 Å². The van der Waals surface area contributed by atoms with E-state index in [1.54, 1.807) is 45.3 Å². The normalized spacial score (nSPS) is 21.2. The monoisotopic (exact) mass is 292 g/mol. The number of likely N-dealkylation sites (tertiary alicyclic amines) is 1. The first-order valence-electron chi connectivity index (χ1n) is 6.83. The molecule has 1 aliphatic heterocycles. The molecular formula is C15H20N2O4. The first-order valence-corrected chi connectivity index (χ1v) is 6.83. The molecule has 0 spiro atoms. The Hall–Kier alpha value is -2.24. The fourth-order valence-electron chi connectivity index (χ4n) is 2.59. The number of carboxylic acid groups (broad SMARTS) is 1. The number of aliphatic carboxylic acids is 1. The van der Waals surface area contributed by atoms with Gasteiger partial charge in [-0.15, -0.1) is 0 Å². The highest BCUT2D eigenvalue weighted by molar-refractivity contribution is 5.95. The van der Waals surface area contributed by atoms with Crippen LogP contribution < -0.4 is 9.64 Å². The number of anilines is 1. The molecule has 1 aromatic carbocycles. The Morgan fingerprint density at radius 2 is 1.95 bits per heavy atom. The number of nitrogens with zero attached hydrogens (tertiary/aromatic N) is 2. The van der Waals surface area contributed by atoms with Crippen LogP contribution in [0.5, 0.6) is 5.75 Å². The Kier molecular flexibility index (Phi) is 4.06. The molecule has 0 saturated carbocycles. The van der Waals surface area contributed by atoms with Crippen LogP contribution in [0.1, 0.15) is 19.8 Å². The molecule has 114 valence electrons. The van der Waals surface area contributed by atoms with Gasteiger partial charge in [-0.3, -0.25) is 4.90 Å². The van der Waals surface area contributed by atoms with Crippen molar-refractivity contribution in [1.82, 2.24) is 4.90 Å². The first kappa shape index (κ1) is 15.2. The van der Waals surface area contributed by atoms with Crippen molar-refractivity contribution in [2.24, 2.45) is 0 Å². The summed E-state index contributed by atoms with van der Waals surface area (Å²) in [6, 6.07) is 6.76. The van der Waals surface area contributed by atoms with Gasteiger partial charge in [-0.1, -0.05) is 0 Å². The minimum Gasteiger partial charge on any atom is -0.497 e. The van der Waals surface area contributed by atoms with Crippen LogP contribution in [0.4, 0.5) is 10.5 Å². The number of carboxylic acids is 1. The summed E-state index contributed by atoms with van der Waals surface area (Å²) in [5.74, 6) is -0.257. The lowest BCUT2D eigenvalue weighted by Crippen LogP contribution is -2.54. The predicted molar refractivity (Wildman–Crippen MR) is 78.8 cm³/mol. The highest BCUT2D eigenvalue weighted by Gasteiger charge is 2.46. The fraction of sp³-hybridized carbons (Fsp3) is 0.467. The van der Waals surface area contributed by atoms with Gasteiger partial charge in [0.2, 0.25) is 0 Å². The minimum absolute atomic E-state index is 0.303. The average molecular weight is 292 g/mol. The molecule has 1 aromatic rings. The van der Waals surface area contributed by atoms with E-state index in [2.05, 4.69) is 0 Å². The topological polar surface area (TPSA) is 70.1 Å². The molecule has 6 heteroatoms. The van der Waals surface area contributed by atoms with Crippen molar-refractivity contribution in [3.05, 3.63) is 24.3 Å². The molecule has 1 saturated heterocycles. The predicted octanol–water partition coefficient (Wildman–Crippen LogP) is 2.19. The van der Waals surface area contributed by atoms with Crippen molar-refractivity contribution < 1.29 is 19.4 Å². The lowest BCUT2D eigenvalue weighted by Gasteiger charge is -2.34. The molecule has 0 aliphatic carbocycles. The van der Waals surface area contributed by atoms with Crippen molar-refractivity contribution in [1.29, 1.82) is 0 Å². The molecule has 21 heavy (non-hydrogen) atoms. The van der Waals surface area contributed by atoms with E-state index in [4.69, 9.17) is 4.74 Å². The smallest absolute Gasteiger partial charge is 0.329 e. The average Bonchev–Trinajstić information content (AvgIpc) is 2.89. The largest absolute Gasteiger partial charge is 0.497 e. The third-order valence-electron chi connectivity index (χ3n) is 4.08. The van der Waals surface area contributed by atoms with Crippen LogP contribution >= 0.6 is 0 Å². The standard InChI is InChI=1S/C15H20N2O4/c1-15(13(18)19)9-4-10-17(15)14(20)16(2)11-5-7-12(21-3)8-6-11/h5-8H,4,9-10H2,1-3H3,(H,18,19). The summed E-state index contributed by atoms with van der Waals surface area (Å²) in [6.07, 6.45) is 1.18. The molecule has 1 heterocycles. The summed E-state index contributed by atoms with van der Waals surface area (Å²) < 4.78 is 5.08. The maximum atomic E-state index is 12.6. The van der Waals surface area contributed by atoms with Gasteiger partial charge in [0.25, 0.3) is 0 Å². The van der Waals surface area contributed by atoms with Crippen molar-refractivity contribution in [2.75, 3.05) is 25.6 Å². The molecule has 1 unspecified atom stereocenters. The molecule has 2 rings (SSSR count). The van der Waals surface area contributed by atoms with Gasteiger partial charge < -0.3 is 14.7 Å². The van der Waals surface area contributed by atoms with Crippen LogP contribution in [0.25, 0.3) is 0 Å². The molecule has 2 amide bonds. The van der Waals surface area contributed by atoms with Gasteiger partial charge >= 0.3 is 12.0 Å². The molecule has 1 fully saturated rings. The van der Waals surface area contributed by atoms with Gasteiger partial charge in [0.15, 0.2) is 0 Å². The third kappa shape index (κ3) is 2.66. The molecule has 6 nitrogen and oxygen atoms in total. The number of amides is 2. The highest BCUT2D eigenvalue weighted by Crippen LogP contribution is 2.31. The number of hydrogen-bond acceptors (Lipinski definition) is 3. The molecule has 0 radical (unpaired) electrons. The number of hydrogen-bond donors (Lipinski definition) is 1. The minimum atomic E-state index is -1.13. The van der Waals surface area contributed by atoms with Gasteiger partial charge in [-0.05, 0) is 44.0 Å². The fourth-order valence-corrected chi connectivity index (χ4v) is 2.59. The number of carbonyl (C=O) groups is 2. The van der Waals surface area contributed by atoms with E-state index in [9.17, 15) is 14.7 Å². The summed E-state index contributed by atoms with van der Waals surface area (Å²) in [7, 11) is 3.22. The summed E-state index contributed by atoms with van der Waals surface area (Å²) in [6.45, 7) is 2.06. The van der Waals surface area contributed by atoms with E-state index in [0.29, 0.717) is 30.8 Å². The number of rotatable bonds is 3. The van der Waals surface area contributed by atoms with Crippen molar-refractivity contribution in [3.8, 4) is 5.75 Å². The maximum absolute atomic E-state index is 12.6. The van der Waals surface area contributed by atoms with Crippen LogP contribution in [-0.2, 0) is 4.79 Å². The van der Waals surface area contributed by atoms with E-state index >= 15 is 0 Å². The second kappa shape index (κ2) is 5.63. The van der Waals surface area contributed by atoms with E-state index in [1.807, 2.05) is 0 Å². The van der Waals surface area contributed by atoms with E-state index in [1.165, 1.54) is 9.80 Å². The van der Waals surface area contributed by atoms with Gasteiger partial charge in [-0.25, -0.2) is 9.59 Å². The highest BCUT2D eigenvalue weighted by atomic mass is 16.5. The summed E-state index contributed by atoms with van der Waals surface area (Å²) in [4.78, 5) is 26.9. The van der Waals surface area contributed by atoms with Gasteiger partial charge in [0, 0.05) is 19.3 Å². The van der Waals surface area contributed by atoms with Crippen LogP contribution in [0.2, 0.25) is 0 Å². The van der Waals surface area contributed by atoms with E-state index in [-0.39, 0.29) is 6.03 Å². The summed E-state index contributed by atoms with van der Waals surface area (Å²) >= 11 is 0. The van der Waals surface area contributed by atoms with E-state index in [0.717, 1.165) is 0 Å². The van der Waals surface area contributed by atoms with Gasteiger partial charge in [0.05, 0.1) is 7.11 Å². The van der Waals surface area contributed by atoms with Gasteiger partial charge in [0.1, 0.15) is 11.3 Å². The Morgan fingerprint density at radius 3 is 2.48 bits per heavy atom.